The Morgan fingerprint density at radius 1 is 0.932 bits per heavy atom. The molecule has 0 heterocycles. The highest BCUT2D eigenvalue weighted by molar-refractivity contribution is 7.98. The van der Waals surface area contributed by atoms with Crippen molar-refractivity contribution in [3.8, 4) is 0 Å². The Hall–Kier alpha value is -4.06. The highest BCUT2D eigenvalue weighted by Gasteiger charge is 2.35. The fraction of sp³-hybridized carbons (Fsp3) is 0.654. The van der Waals surface area contributed by atoms with Crippen molar-refractivity contribution in [1.82, 2.24) is 20.9 Å². The standard InChI is InChI=1S/C26H41N5O12S/c1-15(13-44-5)30(3)24(39)19(12-22(36)37)31(4)23(38)17(27-2)8-6-16(33)7-9-18(25(40)41)28-26(42)29-20(43-14-32)10-11-21(34)35/h14-15,17-18,20,27H,6-13H2,1-5H3,(H4-,28,29,34,35,36,37,40,41,42)/p+1/t15-,17+,18+,20-/m1/s1. The van der Waals surface area contributed by atoms with Crippen LogP contribution in [-0.2, 0) is 38.3 Å². The number of nitrogens with zero attached hydrogens (tertiary/aromatic N) is 2. The summed E-state index contributed by atoms with van der Waals surface area (Å²) in [7, 11) is 4.24. The number of hydrogen-bond acceptors (Lipinski definition) is 11. The molecular formula is C26H42N5O12S+. The van der Waals surface area contributed by atoms with E-state index in [-0.39, 0.29) is 50.3 Å². The number of aliphatic carboxylic acids is 3. The maximum Gasteiger partial charge on any atom is 0.404 e. The molecule has 0 aliphatic carbocycles. The third-order valence-electron chi connectivity index (χ3n) is 6.50. The van der Waals surface area contributed by atoms with Crippen molar-refractivity contribution < 1.29 is 63.0 Å². The summed E-state index contributed by atoms with van der Waals surface area (Å²) in [6, 6.07) is -3.80. The first kappa shape index (κ1) is 39.9. The zero-order valence-electron chi connectivity index (χ0n) is 25.4. The van der Waals surface area contributed by atoms with E-state index in [1.807, 2.05) is 6.26 Å². The summed E-state index contributed by atoms with van der Waals surface area (Å²) in [4.78, 5) is 96.8. The Labute approximate surface area is 258 Å². The number of carbonyl (C=O) groups excluding carboxylic acids is 5. The van der Waals surface area contributed by atoms with Gasteiger partial charge in [0.25, 0.3) is 12.2 Å². The molecule has 17 nitrogen and oxygen atoms in total. The molecule has 4 atom stereocenters. The molecule has 0 saturated heterocycles. The SMILES string of the molecule is CN[C@@H](CCC(=O)CC[C@H](NC(=O)N[C@@H](CCC(=O)O)OC=O)C(=O)O)C(=O)[N+](C)=C(CC(=O)O)C(=O)N(C)[C@H](C)CSC. The molecule has 0 aromatic rings. The molecule has 0 spiro atoms. The van der Waals surface area contributed by atoms with Crippen molar-refractivity contribution >= 4 is 65.5 Å². The van der Waals surface area contributed by atoms with Crippen LogP contribution in [0.5, 0.6) is 0 Å². The van der Waals surface area contributed by atoms with E-state index in [1.165, 1.54) is 37.8 Å². The number of carboxylic acid groups (broad SMARTS) is 3. The molecule has 0 aliphatic heterocycles. The second-order valence-corrected chi connectivity index (χ2v) is 10.7. The normalized spacial score (nSPS) is 14.1. The molecule has 0 fully saturated rings. The first-order valence-electron chi connectivity index (χ1n) is 13.5. The number of thioether (sulfide) groups is 1. The summed E-state index contributed by atoms with van der Waals surface area (Å²) >= 11 is 1.50. The summed E-state index contributed by atoms with van der Waals surface area (Å²) in [5.41, 5.74) is -0.248. The van der Waals surface area contributed by atoms with Gasteiger partial charge in [0.1, 0.15) is 31.3 Å². The number of rotatable bonds is 22. The molecule has 0 unspecified atom stereocenters. The average molecular weight is 649 g/mol. The van der Waals surface area contributed by atoms with Crippen molar-refractivity contribution in [3.63, 3.8) is 0 Å². The van der Waals surface area contributed by atoms with Crippen LogP contribution in [0.2, 0.25) is 0 Å². The molecule has 0 bridgehead atoms. The molecule has 0 rings (SSSR count). The van der Waals surface area contributed by atoms with Crippen LogP contribution in [-0.4, -0.2) is 136 Å². The van der Waals surface area contributed by atoms with E-state index in [9.17, 15) is 48.6 Å². The van der Waals surface area contributed by atoms with Crippen LogP contribution in [0, 0.1) is 0 Å². The van der Waals surface area contributed by atoms with Crippen LogP contribution in [0.1, 0.15) is 51.9 Å². The number of ether oxygens (including phenoxy) is 1. The Balaban J connectivity index is 5.38. The minimum Gasteiger partial charge on any atom is -0.481 e. The van der Waals surface area contributed by atoms with Crippen LogP contribution < -0.4 is 16.0 Å². The third kappa shape index (κ3) is 14.9. The fourth-order valence-electron chi connectivity index (χ4n) is 3.83. The Kier molecular flexibility index (Phi) is 18.9. The quantitative estimate of drug-likeness (QED) is 0.0361. The number of hydrogen-bond donors (Lipinski definition) is 6. The summed E-state index contributed by atoms with van der Waals surface area (Å²) in [6.45, 7) is 1.78. The van der Waals surface area contributed by atoms with Crippen LogP contribution in [0.25, 0.3) is 0 Å². The van der Waals surface area contributed by atoms with Gasteiger partial charge in [0.15, 0.2) is 6.23 Å². The summed E-state index contributed by atoms with van der Waals surface area (Å²) in [5.74, 6) is -5.10. The number of Topliss-reactive ketones (excluding diaryl/α,β-unsaturated/α-hetero) is 1. The van der Waals surface area contributed by atoms with Gasteiger partial charge in [-0.1, -0.05) is 0 Å². The molecular weight excluding hydrogens is 606 g/mol. The molecule has 0 aromatic carbocycles. The number of ketones is 1. The molecule has 0 aromatic heterocycles. The Morgan fingerprint density at radius 3 is 2.00 bits per heavy atom. The predicted octanol–water partition coefficient (Wildman–Crippen LogP) is -0.885. The fourth-order valence-corrected chi connectivity index (χ4v) is 4.54. The van der Waals surface area contributed by atoms with Crippen LogP contribution >= 0.6 is 11.8 Å². The summed E-state index contributed by atoms with van der Waals surface area (Å²) in [5, 5.41) is 34.5. The van der Waals surface area contributed by atoms with E-state index in [2.05, 4.69) is 20.7 Å². The predicted molar refractivity (Wildman–Crippen MR) is 156 cm³/mol. The van der Waals surface area contributed by atoms with Gasteiger partial charge >= 0.3 is 35.8 Å². The van der Waals surface area contributed by atoms with E-state index >= 15 is 0 Å². The zero-order chi connectivity index (χ0) is 34.0. The lowest BCUT2D eigenvalue weighted by Gasteiger charge is -2.23. The molecule has 4 amide bonds. The van der Waals surface area contributed by atoms with Gasteiger partial charge in [0, 0.05) is 38.1 Å². The van der Waals surface area contributed by atoms with Gasteiger partial charge in [-0.2, -0.15) is 16.3 Å². The highest BCUT2D eigenvalue weighted by atomic mass is 32.2. The van der Waals surface area contributed by atoms with Gasteiger partial charge in [-0.15, -0.1) is 0 Å². The third-order valence-corrected chi connectivity index (χ3v) is 7.31. The molecule has 0 aliphatic rings. The molecule has 18 heteroatoms. The minimum absolute atomic E-state index is 0.00428. The molecule has 6 N–H and O–H groups in total. The average Bonchev–Trinajstić information content (AvgIpc) is 2.95. The first-order valence-corrected chi connectivity index (χ1v) is 14.9. The number of carbonyl (C=O) groups is 8. The number of urea groups is 1. The van der Waals surface area contributed by atoms with Crippen molar-refractivity contribution in [2.24, 2.45) is 0 Å². The second-order valence-electron chi connectivity index (χ2n) is 9.75. The van der Waals surface area contributed by atoms with Gasteiger partial charge in [-0.25, -0.2) is 14.4 Å². The summed E-state index contributed by atoms with van der Waals surface area (Å²) < 4.78 is 5.54. The monoisotopic (exact) mass is 648 g/mol. The molecule has 248 valence electrons. The van der Waals surface area contributed by atoms with E-state index in [1.54, 1.807) is 6.92 Å². The van der Waals surface area contributed by atoms with Crippen LogP contribution in [0.15, 0.2) is 0 Å². The minimum atomic E-state index is -1.52. The van der Waals surface area contributed by atoms with E-state index in [4.69, 9.17) is 5.11 Å². The van der Waals surface area contributed by atoms with Crippen molar-refractivity contribution in [3.05, 3.63) is 0 Å². The van der Waals surface area contributed by atoms with Gasteiger partial charge in [-0.3, -0.25) is 24.0 Å². The van der Waals surface area contributed by atoms with Crippen LogP contribution in [0.3, 0.4) is 0 Å². The maximum atomic E-state index is 13.2. The Morgan fingerprint density at radius 2 is 1.52 bits per heavy atom. The maximum absolute atomic E-state index is 13.2. The highest BCUT2D eigenvalue weighted by Crippen LogP contribution is 2.09. The van der Waals surface area contributed by atoms with Crippen molar-refractivity contribution in [2.75, 3.05) is 33.2 Å². The van der Waals surface area contributed by atoms with Gasteiger partial charge in [0.05, 0.1) is 6.42 Å². The Bertz CT molecular complexity index is 1100. The molecule has 0 radical (unpaired) electrons. The summed E-state index contributed by atoms with van der Waals surface area (Å²) in [6.07, 6.45) is -1.72. The number of amides is 4. The van der Waals surface area contributed by atoms with Gasteiger partial charge in [-0.05, 0) is 33.1 Å². The van der Waals surface area contributed by atoms with Crippen molar-refractivity contribution in [1.29, 1.82) is 0 Å². The molecule has 44 heavy (non-hydrogen) atoms. The lowest BCUT2D eigenvalue weighted by Crippen LogP contribution is -2.49. The van der Waals surface area contributed by atoms with Gasteiger partial charge < -0.3 is 40.9 Å². The zero-order valence-corrected chi connectivity index (χ0v) is 26.2. The van der Waals surface area contributed by atoms with Crippen molar-refractivity contribution in [2.45, 2.75) is 76.2 Å². The largest absolute Gasteiger partial charge is 0.481 e. The van der Waals surface area contributed by atoms with E-state index in [0.717, 1.165) is 4.58 Å². The topological polar surface area (TPSA) is 249 Å². The van der Waals surface area contributed by atoms with Gasteiger partial charge in [0.2, 0.25) is 0 Å². The lowest BCUT2D eigenvalue weighted by molar-refractivity contribution is -0.421. The second kappa shape index (κ2) is 20.8. The number of carboxylic acids is 3. The smallest absolute Gasteiger partial charge is 0.404 e. The van der Waals surface area contributed by atoms with E-state index in [0.29, 0.717) is 5.75 Å². The van der Waals surface area contributed by atoms with Crippen LogP contribution in [0.4, 0.5) is 4.79 Å². The lowest BCUT2D eigenvalue weighted by atomic mass is 10.0. The molecule has 0 saturated carbocycles. The number of likely N-dealkylation sites (N-methyl/N-ethyl adjacent to an activating group) is 2. The van der Waals surface area contributed by atoms with E-state index < -0.39 is 72.7 Å². The number of nitrogens with one attached hydrogen (secondary N) is 3. The first-order chi connectivity index (χ1) is 20.6.